The number of hydrogen-bond donors (Lipinski definition) is 1. The van der Waals surface area contributed by atoms with Crippen LogP contribution in [0.1, 0.15) is 19.4 Å². The van der Waals surface area contributed by atoms with Crippen molar-refractivity contribution in [2.75, 3.05) is 6.54 Å². The summed E-state index contributed by atoms with van der Waals surface area (Å²) in [5.74, 6) is 0.523. The van der Waals surface area contributed by atoms with Crippen molar-refractivity contribution in [1.82, 2.24) is 5.32 Å². The molecule has 0 aromatic heterocycles. The number of ether oxygens (including phenoxy) is 1. The van der Waals surface area contributed by atoms with E-state index in [2.05, 4.69) is 5.32 Å². The van der Waals surface area contributed by atoms with E-state index in [-0.39, 0.29) is 0 Å². The maximum absolute atomic E-state index is 11.3. The molecule has 0 fully saturated rings. The molecule has 0 saturated carbocycles. The maximum atomic E-state index is 11.3. The zero-order valence-electron chi connectivity index (χ0n) is 9.90. The third-order valence-corrected chi connectivity index (χ3v) is 2.38. The molecule has 1 amide bonds. The molecule has 0 aliphatic carbocycles. The molecule has 0 aliphatic heterocycles. The third kappa shape index (κ3) is 4.36. The van der Waals surface area contributed by atoms with Crippen LogP contribution in [-0.2, 0) is 0 Å². The summed E-state index contributed by atoms with van der Waals surface area (Å²) in [7, 11) is 0. The second-order valence-electron chi connectivity index (χ2n) is 3.46. The van der Waals surface area contributed by atoms with Gasteiger partial charge in [-0.15, -0.1) is 0 Å². The van der Waals surface area contributed by atoms with E-state index in [1.807, 2.05) is 38.1 Å². The summed E-state index contributed by atoms with van der Waals surface area (Å²) in [6, 6.07) is 7.32. The lowest BCUT2D eigenvalue weighted by Crippen LogP contribution is -2.26. The number of nitrogens with one attached hydrogen (secondary N) is 1. The number of allylic oxidation sites excluding steroid dienone is 1. The first-order valence-electron chi connectivity index (χ1n) is 5.35. The van der Waals surface area contributed by atoms with Crippen LogP contribution in [0.2, 0.25) is 0 Å². The van der Waals surface area contributed by atoms with Gasteiger partial charge in [0, 0.05) is 17.5 Å². The van der Waals surface area contributed by atoms with Crippen LogP contribution in [-0.4, -0.2) is 18.0 Å². The predicted octanol–water partition coefficient (Wildman–Crippen LogP) is 3.20. The molecule has 4 heteroatoms. The molecule has 0 bridgehead atoms. The van der Waals surface area contributed by atoms with Crippen molar-refractivity contribution >= 4 is 29.8 Å². The second kappa shape index (κ2) is 6.81. The highest BCUT2D eigenvalue weighted by Crippen LogP contribution is 2.20. The summed E-state index contributed by atoms with van der Waals surface area (Å²) in [6.07, 6.45) is 1.43. The van der Waals surface area contributed by atoms with Gasteiger partial charge < -0.3 is 10.1 Å². The van der Waals surface area contributed by atoms with E-state index >= 15 is 0 Å². The Hall–Kier alpha value is -1.68. The molecule has 0 spiro atoms. The molecule has 0 saturated heterocycles. The van der Waals surface area contributed by atoms with E-state index in [1.54, 1.807) is 11.4 Å². The zero-order chi connectivity index (χ0) is 12.7. The topological polar surface area (TPSA) is 38.3 Å². The second-order valence-corrected chi connectivity index (χ2v) is 3.70. The molecule has 90 valence electrons. The molecule has 3 nitrogen and oxygen atoms in total. The van der Waals surface area contributed by atoms with Gasteiger partial charge in [-0.1, -0.05) is 30.4 Å². The van der Waals surface area contributed by atoms with Crippen LogP contribution >= 0.6 is 12.2 Å². The molecule has 1 N–H and O–H groups in total. The van der Waals surface area contributed by atoms with Gasteiger partial charge in [-0.3, -0.25) is 0 Å². The highest BCUT2D eigenvalue weighted by Gasteiger charge is 2.05. The van der Waals surface area contributed by atoms with Crippen LogP contribution in [0.15, 0.2) is 29.8 Å². The van der Waals surface area contributed by atoms with Crippen LogP contribution in [0.4, 0.5) is 4.79 Å². The van der Waals surface area contributed by atoms with Gasteiger partial charge >= 0.3 is 6.09 Å². The van der Waals surface area contributed by atoms with Gasteiger partial charge in [0.15, 0.2) is 0 Å². The number of para-hydroxylation sites is 1. The lowest BCUT2D eigenvalue weighted by atomic mass is 10.1. The van der Waals surface area contributed by atoms with Gasteiger partial charge in [0.2, 0.25) is 0 Å². The molecule has 17 heavy (non-hydrogen) atoms. The molecule has 0 heterocycles. The Balaban J connectivity index is 2.92. The average Bonchev–Trinajstić information content (AvgIpc) is 2.31. The summed E-state index contributed by atoms with van der Waals surface area (Å²) < 4.78 is 5.19. The number of carbonyl (C=O) groups is 1. The summed E-state index contributed by atoms with van der Waals surface area (Å²) in [4.78, 5) is 11.3. The van der Waals surface area contributed by atoms with E-state index < -0.39 is 6.09 Å². The van der Waals surface area contributed by atoms with Gasteiger partial charge in [-0.05, 0) is 31.6 Å². The standard InChI is InChI=1S/C13H15NO2S/c1-3-14-13(15)16-12-7-5-4-6-11(12)8-10(2)9-17/h4-9H,3H2,1-2H3,(H,14,15). The molecular formula is C13H15NO2S. The van der Waals surface area contributed by atoms with E-state index in [4.69, 9.17) is 17.0 Å². The monoisotopic (exact) mass is 249 g/mol. The number of amides is 1. The van der Waals surface area contributed by atoms with Gasteiger partial charge in [0.05, 0.1) is 0 Å². The van der Waals surface area contributed by atoms with Crippen LogP contribution in [0, 0.1) is 0 Å². The lowest BCUT2D eigenvalue weighted by Gasteiger charge is -2.07. The quantitative estimate of drug-likeness (QED) is 0.658. The minimum absolute atomic E-state index is 0.451. The van der Waals surface area contributed by atoms with Crippen molar-refractivity contribution in [1.29, 1.82) is 0 Å². The van der Waals surface area contributed by atoms with Crippen molar-refractivity contribution in [3.63, 3.8) is 0 Å². The smallest absolute Gasteiger partial charge is 0.410 e. The fourth-order valence-corrected chi connectivity index (χ4v) is 1.32. The first kappa shape index (κ1) is 13.4. The molecule has 1 aromatic rings. The Kier molecular flexibility index (Phi) is 5.36. The first-order chi connectivity index (χ1) is 8.17. The number of thiocarbonyl (C=S) groups is 1. The molecule has 0 unspecified atom stereocenters. The SMILES string of the molecule is CCNC(=O)Oc1ccccc1C=C(C)C=S. The van der Waals surface area contributed by atoms with Crippen molar-refractivity contribution in [2.45, 2.75) is 13.8 Å². The van der Waals surface area contributed by atoms with Gasteiger partial charge in [0.1, 0.15) is 5.75 Å². The van der Waals surface area contributed by atoms with Crippen LogP contribution in [0.25, 0.3) is 6.08 Å². The van der Waals surface area contributed by atoms with E-state index in [9.17, 15) is 4.79 Å². The Morgan fingerprint density at radius 1 is 1.47 bits per heavy atom. The summed E-state index contributed by atoms with van der Waals surface area (Å²) in [6.45, 7) is 4.27. The molecule has 0 aliphatic rings. The van der Waals surface area contributed by atoms with Crippen molar-refractivity contribution < 1.29 is 9.53 Å². The normalized spacial score (nSPS) is 10.8. The fraction of sp³-hybridized carbons (Fsp3) is 0.231. The Labute approximate surface area is 106 Å². The third-order valence-electron chi connectivity index (χ3n) is 2.01. The first-order valence-corrected chi connectivity index (χ1v) is 5.82. The molecule has 1 aromatic carbocycles. The summed E-state index contributed by atoms with van der Waals surface area (Å²) >= 11 is 4.83. The molecule has 1 rings (SSSR count). The number of hydrogen-bond acceptors (Lipinski definition) is 3. The Bertz CT molecular complexity index is 441. The van der Waals surface area contributed by atoms with E-state index in [1.165, 1.54) is 0 Å². The predicted molar refractivity (Wildman–Crippen MR) is 73.4 cm³/mol. The molecule has 0 radical (unpaired) electrons. The molecular weight excluding hydrogens is 234 g/mol. The van der Waals surface area contributed by atoms with Gasteiger partial charge in [-0.2, -0.15) is 0 Å². The van der Waals surface area contributed by atoms with Gasteiger partial charge in [0.25, 0.3) is 0 Å². The van der Waals surface area contributed by atoms with Crippen molar-refractivity contribution in [2.24, 2.45) is 0 Å². The fourth-order valence-electron chi connectivity index (χ4n) is 1.25. The van der Waals surface area contributed by atoms with Crippen LogP contribution < -0.4 is 10.1 Å². The van der Waals surface area contributed by atoms with Crippen molar-refractivity contribution in [3.05, 3.63) is 35.4 Å². The van der Waals surface area contributed by atoms with Crippen LogP contribution in [0.5, 0.6) is 5.75 Å². The number of benzene rings is 1. The Morgan fingerprint density at radius 3 is 2.82 bits per heavy atom. The zero-order valence-corrected chi connectivity index (χ0v) is 10.7. The highest BCUT2D eigenvalue weighted by molar-refractivity contribution is 7.79. The summed E-state index contributed by atoms with van der Waals surface area (Å²) in [5, 5.41) is 4.16. The number of rotatable bonds is 4. The summed E-state index contributed by atoms with van der Waals surface area (Å²) in [5.41, 5.74) is 1.77. The lowest BCUT2D eigenvalue weighted by molar-refractivity contribution is 0.201. The average molecular weight is 249 g/mol. The minimum atomic E-state index is -0.451. The van der Waals surface area contributed by atoms with E-state index in [0.717, 1.165) is 11.1 Å². The molecule has 0 atom stereocenters. The minimum Gasteiger partial charge on any atom is -0.410 e. The largest absolute Gasteiger partial charge is 0.412 e. The maximum Gasteiger partial charge on any atom is 0.412 e. The highest BCUT2D eigenvalue weighted by atomic mass is 32.1. The van der Waals surface area contributed by atoms with Gasteiger partial charge in [-0.25, -0.2) is 4.79 Å². The van der Waals surface area contributed by atoms with E-state index in [0.29, 0.717) is 12.3 Å². The van der Waals surface area contributed by atoms with Crippen molar-refractivity contribution in [3.8, 4) is 5.75 Å². The Morgan fingerprint density at radius 2 is 2.18 bits per heavy atom. The van der Waals surface area contributed by atoms with Crippen LogP contribution in [0.3, 0.4) is 0 Å². The number of carbonyl (C=O) groups excluding carboxylic acids is 1.